The summed E-state index contributed by atoms with van der Waals surface area (Å²) in [5.74, 6) is -0.664. The molecule has 0 saturated heterocycles. The lowest BCUT2D eigenvalue weighted by Crippen LogP contribution is -2.28. The van der Waals surface area contributed by atoms with Crippen LogP contribution in [0.25, 0.3) is 6.08 Å². The van der Waals surface area contributed by atoms with E-state index in [1.165, 1.54) is 13.2 Å². The van der Waals surface area contributed by atoms with Crippen LogP contribution in [0.1, 0.15) is 11.1 Å². The van der Waals surface area contributed by atoms with Gasteiger partial charge in [-0.15, -0.1) is 0 Å². The number of halogens is 1. The molecule has 0 saturated carbocycles. The zero-order valence-electron chi connectivity index (χ0n) is 13.0. The first-order valence-electron chi connectivity index (χ1n) is 7.12. The zero-order valence-corrected chi connectivity index (χ0v) is 14.6. The molecule has 0 unspecified atom stereocenters. The largest absolute Gasteiger partial charge is 0.464 e. The van der Waals surface area contributed by atoms with E-state index in [9.17, 15) is 9.59 Å². The Morgan fingerprint density at radius 1 is 1.08 bits per heavy atom. The number of nitrogens with one attached hydrogen (secondary N) is 1. The van der Waals surface area contributed by atoms with Gasteiger partial charge in [-0.05, 0) is 23.3 Å². The number of hydrogen-bond acceptors (Lipinski definition) is 4. The second kappa shape index (κ2) is 8.88. The van der Waals surface area contributed by atoms with Crippen molar-refractivity contribution in [1.82, 2.24) is 5.32 Å². The van der Waals surface area contributed by atoms with E-state index in [1.807, 2.05) is 48.5 Å². The van der Waals surface area contributed by atoms with Crippen molar-refractivity contribution >= 4 is 34.1 Å². The van der Waals surface area contributed by atoms with E-state index < -0.39 is 12.1 Å². The van der Waals surface area contributed by atoms with Gasteiger partial charge in [0.15, 0.2) is 0 Å². The average molecular weight is 390 g/mol. The standard InChI is InChI=1S/C18H16BrNO4/c1-23-17(21)16(11-14-9-5-6-10-15(14)19)20-18(22)24-12-13-7-3-2-4-8-13/h2-11H,12H2,1H3,(H,20,22)/b16-11+. The van der Waals surface area contributed by atoms with E-state index in [0.717, 1.165) is 15.6 Å². The number of alkyl carbamates (subject to hydrolysis) is 1. The van der Waals surface area contributed by atoms with Crippen molar-refractivity contribution in [3.05, 3.63) is 75.9 Å². The number of methoxy groups -OCH3 is 1. The summed E-state index contributed by atoms with van der Waals surface area (Å²) in [4.78, 5) is 23.8. The number of esters is 1. The number of carbonyl (C=O) groups is 2. The molecule has 24 heavy (non-hydrogen) atoms. The first-order chi connectivity index (χ1) is 11.6. The predicted octanol–water partition coefficient (Wildman–Crippen LogP) is 3.89. The van der Waals surface area contributed by atoms with Crippen LogP contribution >= 0.6 is 15.9 Å². The van der Waals surface area contributed by atoms with Crippen LogP contribution in [0.15, 0.2) is 64.8 Å². The monoisotopic (exact) mass is 389 g/mol. The molecule has 0 aliphatic heterocycles. The highest BCUT2D eigenvalue weighted by molar-refractivity contribution is 9.10. The number of ether oxygens (including phenoxy) is 2. The average Bonchev–Trinajstić information content (AvgIpc) is 2.61. The smallest absolute Gasteiger partial charge is 0.412 e. The first kappa shape index (κ1) is 17.7. The van der Waals surface area contributed by atoms with Crippen molar-refractivity contribution in [2.24, 2.45) is 0 Å². The van der Waals surface area contributed by atoms with E-state index in [-0.39, 0.29) is 12.3 Å². The maximum absolute atomic E-state index is 11.9. The Bertz CT molecular complexity index is 744. The van der Waals surface area contributed by atoms with E-state index in [4.69, 9.17) is 9.47 Å². The van der Waals surface area contributed by atoms with Gasteiger partial charge in [0.25, 0.3) is 0 Å². The molecule has 2 aromatic rings. The number of amides is 1. The van der Waals surface area contributed by atoms with E-state index >= 15 is 0 Å². The lowest BCUT2D eigenvalue weighted by Gasteiger charge is -2.10. The van der Waals surface area contributed by atoms with Crippen LogP contribution in [0.3, 0.4) is 0 Å². The van der Waals surface area contributed by atoms with Gasteiger partial charge in [-0.2, -0.15) is 0 Å². The maximum atomic E-state index is 11.9. The third kappa shape index (κ3) is 5.24. The van der Waals surface area contributed by atoms with Crippen molar-refractivity contribution < 1.29 is 19.1 Å². The molecule has 0 aliphatic carbocycles. The molecule has 0 atom stereocenters. The summed E-state index contributed by atoms with van der Waals surface area (Å²) in [6.07, 6.45) is 0.780. The Morgan fingerprint density at radius 3 is 2.42 bits per heavy atom. The first-order valence-corrected chi connectivity index (χ1v) is 7.91. The van der Waals surface area contributed by atoms with Crippen LogP contribution in [0, 0.1) is 0 Å². The minimum absolute atomic E-state index is 0.0116. The molecular formula is C18H16BrNO4. The number of benzene rings is 2. The highest BCUT2D eigenvalue weighted by Gasteiger charge is 2.15. The minimum Gasteiger partial charge on any atom is -0.464 e. The Morgan fingerprint density at radius 2 is 1.75 bits per heavy atom. The summed E-state index contributed by atoms with van der Waals surface area (Å²) in [6, 6.07) is 16.5. The fraction of sp³-hybridized carbons (Fsp3) is 0.111. The van der Waals surface area contributed by atoms with Crippen LogP contribution in [0.2, 0.25) is 0 Å². The number of carbonyl (C=O) groups excluding carboxylic acids is 2. The SMILES string of the molecule is COC(=O)/C(=C\c1ccccc1Br)NC(=O)OCc1ccccc1. The topological polar surface area (TPSA) is 64.6 Å². The molecule has 1 amide bonds. The predicted molar refractivity (Wildman–Crippen MR) is 93.9 cm³/mol. The van der Waals surface area contributed by atoms with Crippen LogP contribution in [-0.2, 0) is 20.9 Å². The Labute approximate surface area is 148 Å². The summed E-state index contributed by atoms with van der Waals surface area (Å²) < 4.78 is 10.6. The summed E-state index contributed by atoms with van der Waals surface area (Å²) in [7, 11) is 1.24. The molecule has 0 heterocycles. The Kier molecular flexibility index (Phi) is 6.57. The molecule has 0 fully saturated rings. The van der Waals surface area contributed by atoms with Gasteiger partial charge in [0, 0.05) is 4.47 Å². The van der Waals surface area contributed by atoms with Gasteiger partial charge in [0.1, 0.15) is 12.3 Å². The van der Waals surface area contributed by atoms with Gasteiger partial charge >= 0.3 is 12.1 Å². The molecule has 0 radical (unpaired) electrons. The molecule has 6 heteroatoms. The lowest BCUT2D eigenvalue weighted by molar-refractivity contribution is -0.136. The van der Waals surface area contributed by atoms with Crippen molar-refractivity contribution in [2.45, 2.75) is 6.61 Å². The summed E-state index contributed by atoms with van der Waals surface area (Å²) in [5.41, 5.74) is 1.56. The molecule has 0 bridgehead atoms. The van der Waals surface area contributed by atoms with E-state index in [0.29, 0.717) is 0 Å². The Hall–Kier alpha value is -2.60. The van der Waals surface area contributed by atoms with Gasteiger partial charge in [0.2, 0.25) is 0 Å². The van der Waals surface area contributed by atoms with Gasteiger partial charge in [-0.1, -0.05) is 64.5 Å². The van der Waals surface area contributed by atoms with Crippen LogP contribution in [0.4, 0.5) is 4.79 Å². The highest BCUT2D eigenvalue weighted by Crippen LogP contribution is 2.18. The van der Waals surface area contributed by atoms with Gasteiger partial charge in [0.05, 0.1) is 7.11 Å². The molecule has 0 spiro atoms. The normalized spacial score (nSPS) is 10.8. The van der Waals surface area contributed by atoms with Gasteiger partial charge < -0.3 is 9.47 Å². The second-order valence-electron chi connectivity index (χ2n) is 4.76. The fourth-order valence-corrected chi connectivity index (χ4v) is 2.27. The number of hydrogen-bond donors (Lipinski definition) is 1. The summed E-state index contributed by atoms with van der Waals surface area (Å²) in [6.45, 7) is 0.107. The van der Waals surface area contributed by atoms with Crippen LogP contribution in [0.5, 0.6) is 0 Å². The summed E-state index contributed by atoms with van der Waals surface area (Å²) in [5, 5.41) is 2.42. The fourth-order valence-electron chi connectivity index (χ4n) is 1.87. The summed E-state index contributed by atoms with van der Waals surface area (Å²) >= 11 is 3.38. The molecular weight excluding hydrogens is 374 g/mol. The molecule has 5 nitrogen and oxygen atoms in total. The maximum Gasteiger partial charge on any atom is 0.412 e. The van der Waals surface area contributed by atoms with Crippen LogP contribution in [-0.4, -0.2) is 19.2 Å². The third-order valence-corrected chi connectivity index (χ3v) is 3.78. The minimum atomic E-state index is -0.734. The van der Waals surface area contributed by atoms with Crippen LogP contribution < -0.4 is 5.32 Å². The van der Waals surface area contributed by atoms with Gasteiger partial charge in [-0.25, -0.2) is 9.59 Å². The van der Waals surface area contributed by atoms with Crippen molar-refractivity contribution in [3.8, 4) is 0 Å². The molecule has 2 aromatic carbocycles. The third-order valence-electron chi connectivity index (χ3n) is 3.06. The van der Waals surface area contributed by atoms with Crippen molar-refractivity contribution in [2.75, 3.05) is 7.11 Å². The van der Waals surface area contributed by atoms with Gasteiger partial charge in [-0.3, -0.25) is 5.32 Å². The molecule has 124 valence electrons. The van der Waals surface area contributed by atoms with Crippen molar-refractivity contribution in [3.63, 3.8) is 0 Å². The van der Waals surface area contributed by atoms with Crippen molar-refractivity contribution in [1.29, 1.82) is 0 Å². The van der Waals surface area contributed by atoms with E-state index in [1.54, 1.807) is 6.07 Å². The van der Waals surface area contributed by atoms with E-state index in [2.05, 4.69) is 21.2 Å². The Balaban J connectivity index is 2.07. The molecule has 2 rings (SSSR count). The molecule has 0 aliphatic rings. The zero-order chi connectivity index (χ0) is 17.4. The number of rotatable bonds is 5. The second-order valence-corrected chi connectivity index (χ2v) is 5.61. The highest BCUT2D eigenvalue weighted by atomic mass is 79.9. The molecule has 1 N–H and O–H groups in total. The molecule has 0 aromatic heterocycles. The quantitative estimate of drug-likeness (QED) is 0.622. The lowest BCUT2D eigenvalue weighted by atomic mass is 10.2.